The quantitative estimate of drug-likeness (QED) is 0.869. The number of fused-ring (bicyclic) bond motifs is 1. The Morgan fingerprint density at radius 1 is 1.38 bits per heavy atom. The van der Waals surface area contributed by atoms with Crippen molar-refractivity contribution >= 4 is 26.8 Å². The van der Waals surface area contributed by atoms with Crippen molar-refractivity contribution in [3.63, 3.8) is 0 Å². The molecule has 0 saturated carbocycles. The molecule has 0 fully saturated rings. The van der Waals surface area contributed by atoms with E-state index in [1.807, 2.05) is 0 Å². The van der Waals surface area contributed by atoms with Crippen LogP contribution in [0.1, 0.15) is 25.1 Å². The lowest BCUT2D eigenvalue weighted by molar-refractivity contribution is 0.540. The standard InChI is InChI=1S/C13H17BrN2/c1-8-12(13(2,3)7-15)10-5-4-9(14)6-11(10)16-8/h4-6,16H,7,15H2,1-3H3. The molecule has 0 atom stereocenters. The summed E-state index contributed by atoms with van der Waals surface area (Å²) in [5.74, 6) is 0. The van der Waals surface area contributed by atoms with Gasteiger partial charge in [-0.05, 0) is 24.6 Å². The number of rotatable bonds is 2. The molecular formula is C13H17BrN2. The molecule has 2 nitrogen and oxygen atoms in total. The maximum atomic E-state index is 5.86. The fraction of sp³-hybridized carbons (Fsp3) is 0.385. The summed E-state index contributed by atoms with van der Waals surface area (Å²) in [6.07, 6.45) is 0. The van der Waals surface area contributed by atoms with Crippen LogP contribution in [0.5, 0.6) is 0 Å². The molecule has 0 aliphatic heterocycles. The number of benzene rings is 1. The number of halogens is 1. The highest BCUT2D eigenvalue weighted by Gasteiger charge is 2.24. The molecule has 86 valence electrons. The number of aromatic nitrogens is 1. The lowest BCUT2D eigenvalue weighted by Crippen LogP contribution is -2.28. The second-order valence-electron chi connectivity index (χ2n) is 4.90. The maximum absolute atomic E-state index is 5.86. The Hall–Kier alpha value is -0.800. The van der Waals surface area contributed by atoms with Crippen molar-refractivity contribution in [3.8, 4) is 0 Å². The SMILES string of the molecule is Cc1[nH]c2cc(Br)ccc2c1C(C)(C)CN. The lowest BCUT2D eigenvalue weighted by Gasteiger charge is -2.23. The average Bonchev–Trinajstić information content (AvgIpc) is 2.53. The third kappa shape index (κ3) is 1.78. The number of H-pyrrole nitrogens is 1. The van der Waals surface area contributed by atoms with E-state index in [1.165, 1.54) is 22.2 Å². The van der Waals surface area contributed by atoms with Crippen LogP contribution in [0, 0.1) is 6.92 Å². The normalized spacial score (nSPS) is 12.3. The first-order valence-electron chi connectivity index (χ1n) is 5.44. The van der Waals surface area contributed by atoms with Crippen molar-refractivity contribution in [2.75, 3.05) is 6.54 Å². The molecule has 0 radical (unpaired) electrons. The molecule has 0 spiro atoms. The first kappa shape index (κ1) is 11.7. The predicted molar refractivity (Wildman–Crippen MR) is 72.8 cm³/mol. The molecule has 2 aromatic rings. The van der Waals surface area contributed by atoms with Crippen molar-refractivity contribution in [1.82, 2.24) is 4.98 Å². The summed E-state index contributed by atoms with van der Waals surface area (Å²) in [5.41, 5.74) is 9.59. The molecule has 1 aromatic carbocycles. The van der Waals surface area contributed by atoms with Crippen LogP contribution >= 0.6 is 15.9 Å². The number of nitrogens with two attached hydrogens (primary N) is 1. The maximum Gasteiger partial charge on any atom is 0.0470 e. The van der Waals surface area contributed by atoms with Gasteiger partial charge in [0.2, 0.25) is 0 Å². The van der Waals surface area contributed by atoms with Gasteiger partial charge in [0, 0.05) is 33.0 Å². The summed E-state index contributed by atoms with van der Waals surface area (Å²) < 4.78 is 1.10. The van der Waals surface area contributed by atoms with Crippen molar-refractivity contribution in [1.29, 1.82) is 0 Å². The Bertz CT molecular complexity index is 526. The lowest BCUT2D eigenvalue weighted by atomic mass is 9.83. The summed E-state index contributed by atoms with van der Waals surface area (Å²) in [7, 11) is 0. The van der Waals surface area contributed by atoms with Crippen molar-refractivity contribution in [3.05, 3.63) is 33.9 Å². The van der Waals surface area contributed by atoms with Crippen LogP contribution in [0.3, 0.4) is 0 Å². The zero-order valence-corrected chi connectivity index (χ0v) is 11.5. The Morgan fingerprint density at radius 2 is 2.06 bits per heavy atom. The summed E-state index contributed by atoms with van der Waals surface area (Å²) >= 11 is 3.49. The van der Waals surface area contributed by atoms with Crippen LogP contribution < -0.4 is 5.73 Å². The minimum absolute atomic E-state index is 0.0101. The summed E-state index contributed by atoms with van der Waals surface area (Å²) in [5, 5.41) is 1.27. The first-order chi connectivity index (χ1) is 7.45. The van der Waals surface area contributed by atoms with Crippen LogP contribution in [0.2, 0.25) is 0 Å². The minimum atomic E-state index is 0.0101. The fourth-order valence-corrected chi connectivity index (χ4v) is 2.64. The molecular weight excluding hydrogens is 264 g/mol. The van der Waals surface area contributed by atoms with Gasteiger partial charge in [-0.2, -0.15) is 0 Å². The van der Waals surface area contributed by atoms with Crippen LogP contribution in [0.15, 0.2) is 22.7 Å². The highest BCUT2D eigenvalue weighted by atomic mass is 79.9. The highest BCUT2D eigenvalue weighted by molar-refractivity contribution is 9.10. The first-order valence-corrected chi connectivity index (χ1v) is 6.23. The molecule has 1 aromatic heterocycles. The van der Waals surface area contributed by atoms with Crippen LogP contribution in [-0.4, -0.2) is 11.5 Å². The Balaban J connectivity index is 2.74. The predicted octanol–water partition coefficient (Wildman–Crippen LogP) is 3.48. The van der Waals surface area contributed by atoms with E-state index in [4.69, 9.17) is 5.73 Å². The molecule has 0 unspecified atom stereocenters. The highest BCUT2D eigenvalue weighted by Crippen LogP contribution is 2.33. The van der Waals surface area contributed by atoms with Crippen molar-refractivity contribution in [2.24, 2.45) is 5.73 Å². The van der Waals surface area contributed by atoms with Crippen LogP contribution in [-0.2, 0) is 5.41 Å². The molecule has 0 amide bonds. The zero-order valence-electron chi connectivity index (χ0n) is 9.89. The van der Waals surface area contributed by atoms with Gasteiger partial charge in [-0.1, -0.05) is 35.8 Å². The molecule has 0 aliphatic rings. The van der Waals surface area contributed by atoms with Crippen LogP contribution in [0.4, 0.5) is 0 Å². The number of aromatic amines is 1. The smallest absolute Gasteiger partial charge is 0.0470 e. The van der Waals surface area contributed by atoms with E-state index < -0.39 is 0 Å². The zero-order chi connectivity index (χ0) is 11.9. The summed E-state index contributed by atoms with van der Waals surface area (Å²) in [6.45, 7) is 7.13. The molecule has 2 rings (SSSR count). The van der Waals surface area contributed by atoms with E-state index in [0.29, 0.717) is 6.54 Å². The molecule has 3 heteroatoms. The number of nitrogens with one attached hydrogen (secondary N) is 1. The summed E-state index contributed by atoms with van der Waals surface area (Å²) in [4.78, 5) is 3.42. The topological polar surface area (TPSA) is 41.8 Å². The average molecular weight is 281 g/mol. The summed E-state index contributed by atoms with van der Waals surface area (Å²) in [6, 6.07) is 6.33. The molecule has 0 saturated heterocycles. The van der Waals surface area contributed by atoms with Gasteiger partial charge in [0.05, 0.1) is 0 Å². The minimum Gasteiger partial charge on any atom is -0.358 e. The van der Waals surface area contributed by atoms with Gasteiger partial charge in [-0.25, -0.2) is 0 Å². The molecule has 16 heavy (non-hydrogen) atoms. The number of aryl methyl sites for hydroxylation is 1. The van der Waals surface area contributed by atoms with Crippen LogP contribution in [0.25, 0.3) is 10.9 Å². The third-order valence-electron chi connectivity index (χ3n) is 3.14. The van der Waals surface area contributed by atoms with Crippen molar-refractivity contribution in [2.45, 2.75) is 26.2 Å². The van der Waals surface area contributed by atoms with E-state index in [-0.39, 0.29) is 5.41 Å². The van der Waals surface area contributed by atoms with E-state index >= 15 is 0 Å². The van der Waals surface area contributed by atoms with E-state index in [2.05, 4.69) is 59.9 Å². The third-order valence-corrected chi connectivity index (χ3v) is 3.63. The van der Waals surface area contributed by atoms with Gasteiger partial charge in [-0.15, -0.1) is 0 Å². The van der Waals surface area contributed by atoms with Gasteiger partial charge < -0.3 is 10.7 Å². The molecule has 3 N–H and O–H groups in total. The van der Waals surface area contributed by atoms with E-state index in [9.17, 15) is 0 Å². The molecule has 0 aliphatic carbocycles. The monoisotopic (exact) mass is 280 g/mol. The fourth-order valence-electron chi connectivity index (χ4n) is 2.28. The van der Waals surface area contributed by atoms with Gasteiger partial charge in [0.25, 0.3) is 0 Å². The number of hydrogen-bond acceptors (Lipinski definition) is 1. The number of hydrogen-bond donors (Lipinski definition) is 2. The van der Waals surface area contributed by atoms with Gasteiger partial charge in [0.1, 0.15) is 0 Å². The van der Waals surface area contributed by atoms with Gasteiger partial charge in [0.15, 0.2) is 0 Å². The second kappa shape index (κ2) is 3.90. The molecule has 0 bridgehead atoms. The van der Waals surface area contributed by atoms with Crippen molar-refractivity contribution < 1.29 is 0 Å². The largest absolute Gasteiger partial charge is 0.358 e. The molecule has 1 heterocycles. The van der Waals surface area contributed by atoms with Gasteiger partial charge in [-0.3, -0.25) is 0 Å². The second-order valence-corrected chi connectivity index (χ2v) is 5.82. The Morgan fingerprint density at radius 3 is 2.69 bits per heavy atom. The Kier molecular flexibility index (Phi) is 2.84. The van der Waals surface area contributed by atoms with Gasteiger partial charge >= 0.3 is 0 Å². The van der Waals surface area contributed by atoms with E-state index in [1.54, 1.807) is 0 Å². The Labute approximate surface area is 104 Å². The van der Waals surface area contributed by atoms with E-state index in [0.717, 1.165) is 4.47 Å².